The Labute approximate surface area is 158 Å². The van der Waals surface area contributed by atoms with Crippen LogP contribution in [0.2, 0.25) is 0 Å². The number of imidazole rings is 1. The Kier molecular flexibility index (Phi) is 4.21. The predicted molar refractivity (Wildman–Crippen MR) is 103 cm³/mol. The van der Waals surface area contributed by atoms with Crippen LogP contribution in [0.4, 0.5) is 11.4 Å². The second kappa shape index (κ2) is 6.84. The number of carbonyl (C=O) groups excluding carboxylic acids is 1. The lowest BCUT2D eigenvalue weighted by Gasteiger charge is -2.10. The topological polar surface area (TPSA) is 110 Å². The zero-order chi connectivity index (χ0) is 19.7. The molecule has 0 atom stereocenters. The van der Waals surface area contributed by atoms with Crippen molar-refractivity contribution >= 4 is 28.3 Å². The summed E-state index contributed by atoms with van der Waals surface area (Å²) < 4.78 is 0.788. The van der Waals surface area contributed by atoms with Gasteiger partial charge in [0.1, 0.15) is 5.52 Å². The lowest BCUT2D eigenvalue weighted by Crippen LogP contribution is -2.12. The van der Waals surface area contributed by atoms with Crippen LogP contribution in [0.5, 0.6) is 0 Å². The van der Waals surface area contributed by atoms with Gasteiger partial charge in [-0.3, -0.25) is 14.9 Å². The third-order valence-corrected chi connectivity index (χ3v) is 4.28. The van der Waals surface area contributed by atoms with Gasteiger partial charge in [0.05, 0.1) is 16.1 Å². The Balaban J connectivity index is 1.77. The number of aromatic nitrogens is 2. The number of hydrogen-bond donors (Lipinski definition) is 2. The summed E-state index contributed by atoms with van der Waals surface area (Å²) in [5, 5.41) is 24.3. The summed E-state index contributed by atoms with van der Waals surface area (Å²) in [5.41, 5.74) is 1.87. The number of nitrogens with one attached hydrogen (secondary N) is 1. The Bertz CT molecular complexity index is 1200. The lowest BCUT2D eigenvalue weighted by atomic mass is 10.1. The fraction of sp³-hybridized carbons (Fsp3) is 0. The molecule has 0 aliphatic carbocycles. The molecule has 2 N–H and O–H groups in total. The minimum atomic E-state index is -0.542. The predicted octanol–water partition coefficient (Wildman–Crippen LogP) is 4.10. The Hall–Kier alpha value is -4.20. The minimum absolute atomic E-state index is 0.153. The largest absolute Gasteiger partial charge is 0.426 e. The SMILES string of the molecule is O=C(Nc1ccccc1-c1nc2ccc([N+](=O)[O-])cc2n1O)c1ccccc1. The van der Waals surface area contributed by atoms with E-state index in [9.17, 15) is 20.1 Å². The van der Waals surface area contributed by atoms with Gasteiger partial charge in [0.25, 0.3) is 11.6 Å². The number of non-ortho nitro benzene ring substituents is 1. The maximum atomic E-state index is 12.5. The molecule has 4 aromatic rings. The highest BCUT2D eigenvalue weighted by molar-refractivity contribution is 6.06. The second-order valence-electron chi connectivity index (χ2n) is 6.04. The molecule has 0 spiro atoms. The van der Waals surface area contributed by atoms with Crippen molar-refractivity contribution in [1.29, 1.82) is 0 Å². The van der Waals surface area contributed by atoms with Gasteiger partial charge in [-0.25, -0.2) is 4.98 Å². The summed E-state index contributed by atoms with van der Waals surface area (Å²) in [6.45, 7) is 0. The fourth-order valence-corrected chi connectivity index (χ4v) is 2.91. The van der Waals surface area contributed by atoms with E-state index in [2.05, 4.69) is 10.3 Å². The molecular formula is C20H14N4O4. The van der Waals surface area contributed by atoms with E-state index >= 15 is 0 Å². The van der Waals surface area contributed by atoms with Crippen LogP contribution in [0, 0.1) is 10.1 Å². The average Bonchev–Trinajstić information content (AvgIpc) is 3.05. The van der Waals surface area contributed by atoms with Gasteiger partial charge >= 0.3 is 0 Å². The molecule has 4 rings (SSSR count). The number of nitro benzene ring substituents is 1. The molecule has 0 saturated carbocycles. The van der Waals surface area contributed by atoms with E-state index in [1.807, 2.05) is 6.07 Å². The average molecular weight is 374 g/mol. The number of rotatable bonds is 4. The van der Waals surface area contributed by atoms with Gasteiger partial charge in [0.15, 0.2) is 5.82 Å². The Morgan fingerprint density at radius 3 is 2.50 bits per heavy atom. The van der Waals surface area contributed by atoms with E-state index in [0.29, 0.717) is 22.3 Å². The second-order valence-corrected chi connectivity index (χ2v) is 6.04. The maximum Gasteiger partial charge on any atom is 0.271 e. The standard InChI is InChI=1S/C20H14N4O4/c25-20(13-6-2-1-3-7-13)22-16-9-5-4-8-15(16)19-21-17-11-10-14(24(27)28)12-18(17)23(19)26/h1-12,26H,(H,22,25). The van der Waals surface area contributed by atoms with Crippen LogP contribution in [0.25, 0.3) is 22.4 Å². The summed E-state index contributed by atoms with van der Waals surface area (Å²) in [5.74, 6) is -0.135. The van der Waals surface area contributed by atoms with Crippen LogP contribution in [-0.2, 0) is 0 Å². The highest BCUT2D eigenvalue weighted by Gasteiger charge is 2.18. The lowest BCUT2D eigenvalue weighted by molar-refractivity contribution is -0.384. The number of amides is 1. The first-order valence-electron chi connectivity index (χ1n) is 8.36. The normalized spacial score (nSPS) is 10.7. The minimum Gasteiger partial charge on any atom is -0.426 e. The van der Waals surface area contributed by atoms with Crippen LogP contribution in [-0.4, -0.2) is 25.8 Å². The van der Waals surface area contributed by atoms with Crippen molar-refractivity contribution in [3.8, 4) is 11.4 Å². The Morgan fingerprint density at radius 1 is 1.04 bits per heavy atom. The Morgan fingerprint density at radius 2 is 1.75 bits per heavy atom. The van der Waals surface area contributed by atoms with E-state index in [-0.39, 0.29) is 22.9 Å². The van der Waals surface area contributed by atoms with E-state index < -0.39 is 4.92 Å². The molecule has 8 heteroatoms. The van der Waals surface area contributed by atoms with Crippen LogP contribution < -0.4 is 5.32 Å². The van der Waals surface area contributed by atoms with Crippen molar-refractivity contribution < 1.29 is 14.9 Å². The number of carbonyl (C=O) groups is 1. The molecule has 0 bridgehead atoms. The van der Waals surface area contributed by atoms with Crippen LogP contribution in [0.3, 0.4) is 0 Å². The first-order valence-corrected chi connectivity index (χ1v) is 8.36. The number of hydrogen-bond acceptors (Lipinski definition) is 5. The van der Waals surface area contributed by atoms with Crippen LogP contribution in [0.15, 0.2) is 72.8 Å². The van der Waals surface area contributed by atoms with Gasteiger partial charge in [0, 0.05) is 23.3 Å². The van der Waals surface area contributed by atoms with Gasteiger partial charge in [-0.1, -0.05) is 30.3 Å². The highest BCUT2D eigenvalue weighted by atomic mass is 16.6. The molecule has 138 valence electrons. The number of para-hydroxylation sites is 1. The highest BCUT2D eigenvalue weighted by Crippen LogP contribution is 2.31. The number of benzene rings is 3. The third kappa shape index (κ3) is 3.03. The first kappa shape index (κ1) is 17.2. The van der Waals surface area contributed by atoms with Crippen LogP contribution >= 0.6 is 0 Å². The maximum absolute atomic E-state index is 12.5. The molecule has 3 aromatic carbocycles. The van der Waals surface area contributed by atoms with Crippen molar-refractivity contribution in [2.75, 3.05) is 5.32 Å². The van der Waals surface area contributed by atoms with Gasteiger partial charge in [-0.15, -0.1) is 0 Å². The quantitative estimate of drug-likeness (QED) is 0.317. The van der Waals surface area contributed by atoms with E-state index in [1.54, 1.807) is 48.5 Å². The molecule has 0 fully saturated rings. The number of anilines is 1. The fourth-order valence-electron chi connectivity index (χ4n) is 2.91. The molecule has 28 heavy (non-hydrogen) atoms. The number of nitrogens with zero attached hydrogens (tertiary/aromatic N) is 3. The van der Waals surface area contributed by atoms with Crippen LogP contribution in [0.1, 0.15) is 10.4 Å². The molecule has 0 saturated heterocycles. The molecular weight excluding hydrogens is 360 g/mol. The van der Waals surface area contributed by atoms with Gasteiger partial charge < -0.3 is 10.5 Å². The van der Waals surface area contributed by atoms with Gasteiger partial charge in [0.2, 0.25) is 0 Å². The van der Waals surface area contributed by atoms with E-state index in [4.69, 9.17) is 0 Å². The molecule has 8 nitrogen and oxygen atoms in total. The van der Waals surface area contributed by atoms with E-state index in [0.717, 1.165) is 4.73 Å². The summed E-state index contributed by atoms with van der Waals surface area (Å²) in [6, 6.07) is 19.7. The number of nitro groups is 1. The van der Waals surface area contributed by atoms with Crippen molar-refractivity contribution in [3.63, 3.8) is 0 Å². The zero-order valence-corrected chi connectivity index (χ0v) is 14.4. The number of fused-ring (bicyclic) bond motifs is 1. The molecule has 0 unspecified atom stereocenters. The molecule has 1 aromatic heterocycles. The summed E-state index contributed by atoms with van der Waals surface area (Å²) in [6.07, 6.45) is 0. The van der Waals surface area contributed by atoms with Gasteiger partial charge in [-0.2, -0.15) is 4.73 Å². The zero-order valence-electron chi connectivity index (χ0n) is 14.4. The molecule has 1 amide bonds. The first-order chi connectivity index (χ1) is 13.5. The summed E-state index contributed by atoms with van der Waals surface area (Å²) in [7, 11) is 0. The summed E-state index contributed by atoms with van der Waals surface area (Å²) in [4.78, 5) is 27.3. The molecule has 0 radical (unpaired) electrons. The molecule has 0 aliphatic rings. The van der Waals surface area contributed by atoms with Crippen molar-refractivity contribution in [1.82, 2.24) is 9.71 Å². The van der Waals surface area contributed by atoms with E-state index in [1.165, 1.54) is 18.2 Å². The van der Waals surface area contributed by atoms with Crippen molar-refractivity contribution in [2.24, 2.45) is 0 Å². The summed E-state index contributed by atoms with van der Waals surface area (Å²) >= 11 is 0. The van der Waals surface area contributed by atoms with Gasteiger partial charge in [-0.05, 0) is 30.3 Å². The smallest absolute Gasteiger partial charge is 0.271 e. The third-order valence-electron chi connectivity index (χ3n) is 4.28. The van der Waals surface area contributed by atoms with Crippen molar-refractivity contribution in [2.45, 2.75) is 0 Å². The van der Waals surface area contributed by atoms with Crippen molar-refractivity contribution in [3.05, 3.63) is 88.5 Å². The molecule has 1 heterocycles. The monoisotopic (exact) mass is 374 g/mol. The molecule has 0 aliphatic heterocycles.